The number of rotatable bonds is 3. The van der Waals surface area contributed by atoms with Crippen molar-refractivity contribution in [1.82, 2.24) is 0 Å². The lowest BCUT2D eigenvalue weighted by Crippen LogP contribution is -2.08. The highest BCUT2D eigenvalue weighted by Crippen LogP contribution is 2.29. The van der Waals surface area contributed by atoms with E-state index in [0.717, 1.165) is 30.2 Å². The Balaban J connectivity index is 2.64. The fraction of sp³-hybridized carbons (Fsp3) is 0.538. The van der Waals surface area contributed by atoms with E-state index in [9.17, 15) is 5.02 Å². The molecule has 1 nitrogen and oxygen atoms in total. The third-order valence-corrected chi connectivity index (χ3v) is 2.78. The zero-order chi connectivity index (χ0) is 11.3. The van der Waals surface area contributed by atoms with E-state index >= 15 is 0 Å². The van der Waals surface area contributed by atoms with Crippen molar-refractivity contribution < 1.29 is 5.02 Å². The maximum absolute atomic E-state index is 9.77. The molecule has 0 unspecified atom stereocenters. The quantitative estimate of drug-likeness (QED) is 0.551. The van der Waals surface area contributed by atoms with Crippen molar-refractivity contribution >= 4 is 6.92 Å². The number of hydrogen-bond donors (Lipinski definition) is 1. The smallest absolute Gasteiger partial charge is 0.323 e. The monoisotopic (exact) mass is 202 g/mol. The van der Waals surface area contributed by atoms with Crippen molar-refractivity contribution in [3.63, 3.8) is 0 Å². The molecule has 0 atom stereocenters. The Morgan fingerprint density at radius 2 is 2.33 bits per heavy atom. The van der Waals surface area contributed by atoms with E-state index in [2.05, 4.69) is 25.8 Å². The van der Waals surface area contributed by atoms with E-state index in [1.54, 1.807) is 6.08 Å². The summed E-state index contributed by atoms with van der Waals surface area (Å²) in [4.78, 5) is 0. The van der Waals surface area contributed by atoms with Crippen LogP contribution in [0.1, 0.15) is 33.1 Å². The second kappa shape index (κ2) is 5.83. The minimum Gasteiger partial charge on any atom is -0.446 e. The Hall–Kier alpha value is -0.935. The van der Waals surface area contributed by atoms with Crippen LogP contribution in [0.25, 0.3) is 0 Å². The topological polar surface area (TPSA) is 20.2 Å². The molecule has 15 heavy (non-hydrogen) atoms. The number of allylic oxidation sites excluding steroid dienone is 4. The van der Waals surface area contributed by atoms with Gasteiger partial charge in [0.05, 0.1) is 0 Å². The van der Waals surface area contributed by atoms with E-state index in [1.165, 1.54) is 6.42 Å². The molecule has 0 spiro atoms. The van der Waals surface area contributed by atoms with Crippen LogP contribution in [0.3, 0.4) is 0 Å². The summed E-state index contributed by atoms with van der Waals surface area (Å²) in [6, 6.07) is 0. The first-order valence-electron chi connectivity index (χ1n) is 5.68. The van der Waals surface area contributed by atoms with Gasteiger partial charge >= 0.3 is 6.92 Å². The lowest BCUT2D eigenvalue weighted by atomic mass is 9.62. The van der Waals surface area contributed by atoms with E-state index in [0.29, 0.717) is 5.92 Å². The van der Waals surface area contributed by atoms with Crippen molar-refractivity contribution in [3.05, 3.63) is 23.2 Å². The van der Waals surface area contributed by atoms with E-state index in [-0.39, 0.29) is 6.92 Å². The van der Waals surface area contributed by atoms with Gasteiger partial charge in [0.25, 0.3) is 0 Å². The van der Waals surface area contributed by atoms with Gasteiger partial charge in [-0.25, -0.2) is 0 Å². The van der Waals surface area contributed by atoms with Crippen LogP contribution in [0.4, 0.5) is 0 Å². The number of hydrogen-bond acceptors (Lipinski definition) is 1. The average molecular weight is 202 g/mol. The maximum atomic E-state index is 9.77. The van der Waals surface area contributed by atoms with Crippen LogP contribution in [0.5, 0.6) is 0 Å². The van der Waals surface area contributed by atoms with Crippen LogP contribution in [-0.4, -0.2) is 11.9 Å². The van der Waals surface area contributed by atoms with Gasteiger partial charge in [0.2, 0.25) is 0 Å². The van der Waals surface area contributed by atoms with Crippen molar-refractivity contribution in [2.75, 3.05) is 0 Å². The first kappa shape index (κ1) is 12.1. The highest BCUT2D eigenvalue weighted by molar-refractivity contribution is 6.61. The molecule has 0 aromatic carbocycles. The number of terminal acetylenes is 1. The van der Waals surface area contributed by atoms with Crippen molar-refractivity contribution in [2.45, 2.75) is 39.4 Å². The molecule has 0 saturated carbocycles. The Morgan fingerprint density at radius 1 is 1.60 bits per heavy atom. The lowest BCUT2D eigenvalue weighted by Gasteiger charge is -2.04. The van der Waals surface area contributed by atoms with Crippen LogP contribution < -0.4 is 0 Å². The molecule has 0 aromatic rings. The summed E-state index contributed by atoms with van der Waals surface area (Å²) in [5.74, 6) is 3.25. The molecule has 0 radical (unpaired) electrons. The third-order valence-electron chi connectivity index (χ3n) is 2.78. The van der Waals surface area contributed by atoms with Crippen molar-refractivity contribution in [1.29, 1.82) is 0 Å². The van der Waals surface area contributed by atoms with Gasteiger partial charge in [-0.3, -0.25) is 0 Å². The summed E-state index contributed by atoms with van der Waals surface area (Å²) in [6.45, 7) is 4.13. The molecule has 1 rings (SSSR count). The molecule has 1 aliphatic heterocycles. The van der Waals surface area contributed by atoms with Crippen molar-refractivity contribution in [3.8, 4) is 12.3 Å². The molecule has 0 bridgehead atoms. The molecule has 1 aliphatic rings. The van der Waals surface area contributed by atoms with E-state index in [4.69, 9.17) is 6.42 Å². The molecular weight excluding hydrogens is 183 g/mol. The van der Waals surface area contributed by atoms with Gasteiger partial charge in [0, 0.05) is 0 Å². The van der Waals surface area contributed by atoms with E-state index < -0.39 is 0 Å². The SMILES string of the molecule is C#C/C=C1/CCB(O)/C1=C/CCC(C)C. The first-order valence-corrected chi connectivity index (χ1v) is 5.68. The molecule has 1 heterocycles. The van der Waals surface area contributed by atoms with Gasteiger partial charge in [-0.1, -0.05) is 25.8 Å². The largest absolute Gasteiger partial charge is 0.446 e. The zero-order valence-corrected chi connectivity index (χ0v) is 9.66. The van der Waals surface area contributed by atoms with Crippen LogP contribution in [0, 0.1) is 18.3 Å². The summed E-state index contributed by atoms with van der Waals surface area (Å²) >= 11 is 0. The van der Waals surface area contributed by atoms with Crippen LogP contribution in [0.2, 0.25) is 6.32 Å². The highest BCUT2D eigenvalue weighted by atomic mass is 16.2. The molecule has 0 amide bonds. The Kier molecular flexibility index (Phi) is 4.71. The predicted molar refractivity (Wildman–Crippen MR) is 66.5 cm³/mol. The highest BCUT2D eigenvalue weighted by Gasteiger charge is 2.26. The summed E-state index contributed by atoms with van der Waals surface area (Å²) in [6.07, 6.45) is 13.1. The Bertz CT molecular complexity index is 307. The average Bonchev–Trinajstić information content (AvgIpc) is 2.50. The molecule has 1 saturated heterocycles. The van der Waals surface area contributed by atoms with Gasteiger partial charge in [0.1, 0.15) is 0 Å². The second-order valence-electron chi connectivity index (χ2n) is 4.52. The summed E-state index contributed by atoms with van der Waals surface area (Å²) in [5, 5.41) is 9.77. The molecule has 1 fully saturated rings. The minimum absolute atomic E-state index is 0.295. The molecule has 0 aliphatic carbocycles. The molecular formula is C13H19BO. The molecule has 0 aromatic heterocycles. The van der Waals surface area contributed by atoms with Crippen LogP contribution in [-0.2, 0) is 0 Å². The maximum Gasteiger partial charge on any atom is 0.323 e. The fourth-order valence-electron chi connectivity index (χ4n) is 1.90. The van der Waals surface area contributed by atoms with Gasteiger partial charge < -0.3 is 5.02 Å². The summed E-state index contributed by atoms with van der Waals surface area (Å²) in [7, 11) is 0. The summed E-state index contributed by atoms with van der Waals surface area (Å²) < 4.78 is 0. The second-order valence-corrected chi connectivity index (χ2v) is 4.52. The normalized spacial score (nSPS) is 21.7. The lowest BCUT2D eigenvalue weighted by molar-refractivity contribution is 0.581. The molecule has 80 valence electrons. The minimum atomic E-state index is -0.295. The molecule has 1 N–H and O–H groups in total. The van der Waals surface area contributed by atoms with Gasteiger partial charge in [-0.2, -0.15) is 0 Å². The van der Waals surface area contributed by atoms with Crippen LogP contribution >= 0.6 is 0 Å². The Labute approximate surface area is 93.4 Å². The zero-order valence-electron chi connectivity index (χ0n) is 9.66. The van der Waals surface area contributed by atoms with Crippen molar-refractivity contribution in [2.24, 2.45) is 5.92 Å². The predicted octanol–water partition coefficient (Wildman–Crippen LogP) is 2.84. The van der Waals surface area contributed by atoms with Gasteiger partial charge in [-0.05, 0) is 48.6 Å². The Morgan fingerprint density at radius 3 is 2.93 bits per heavy atom. The molecule has 2 heteroatoms. The fourth-order valence-corrected chi connectivity index (χ4v) is 1.90. The van der Waals surface area contributed by atoms with E-state index in [1.807, 2.05) is 0 Å². The third kappa shape index (κ3) is 3.60. The van der Waals surface area contributed by atoms with Gasteiger partial charge in [-0.15, -0.1) is 6.42 Å². The van der Waals surface area contributed by atoms with Gasteiger partial charge in [0.15, 0.2) is 0 Å². The summed E-state index contributed by atoms with van der Waals surface area (Å²) in [5.41, 5.74) is 2.21. The standard InChI is InChI=1S/C13H19BO/c1-4-6-12-9-10-14(15)13(12)8-5-7-11(2)3/h1,6,8,11,15H,5,7,9-10H2,2-3H3/b12-6-,13-8+. The first-order chi connectivity index (χ1) is 7.15. The van der Waals surface area contributed by atoms with Crippen LogP contribution in [0.15, 0.2) is 23.2 Å².